The lowest BCUT2D eigenvalue weighted by molar-refractivity contribution is -0.132. The second kappa shape index (κ2) is 7.58. The number of benzene rings is 1. The lowest BCUT2D eigenvalue weighted by atomic mass is 10.1. The molecule has 2 aromatic rings. The average molecular weight is 323 g/mol. The predicted octanol–water partition coefficient (Wildman–Crippen LogP) is 2.90. The van der Waals surface area contributed by atoms with E-state index in [0.717, 1.165) is 37.2 Å². The molecule has 1 amide bonds. The van der Waals surface area contributed by atoms with Gasteiger partial charge in [0.2, 0.25) is 5.91 Å². The molecule has 1 aromatic heterocycles. The van der Waals surface area contributed by atoms with Crippen LogP contribution in [0.1, 0.15) is 35.8 Å². The fourth-order valence-electron chi connectivity index (χ4n) is 3.32. The molecule has 24 heavy (non-hydrogen) atoms. The minimum absolute atomic E-state index is 0.119. The SMILES string of the molecule is CN(C)CC(=O)N1CCC[C@@H]1c1cccc(Cc2ccccc2)n1. The summed E-state index contributed by atoms with van der Waals surface area (Å²) in [6.45, 7) is 1.29. The Kier molecular flexibility index (Phi) is 5.26. The van der Waals surface area contributed by atoms with Crippen LogP contribution in [0.3, 0.4) is 0 Å². The Morgan fingerprint density at radius 1 is 1.17 bits per heavy atom. The first-order chi connectivity index (χ1) is 11.6. The topological polar surface area (TPSA) is 36.4 Å². The zero-order valence-electron chi connectivity index (χ0n) is 14.5. The van der Waals surface area contributed by atoms with Gasteiger partial charge >= 0.3 is 0 Å². The predicted molar refractivity (Wildman–Crippen MR) is 95.7 cm³/mol. The number of likely N-dealkylation sites (tertiary alicyclic amines) is 1. The number of hydrogen-bond donors (Lipinski definition) is 0. The average Bonchev–Trinajstić information content (AvgIpc) is 3.05. The summed E-state index contributed by atoms with van der Waals surface area (Å²) in [5.41, 5.74) is 3.34. The van der Waals surface area contributed by atoms with E-state index in [9.17, 15) is 4.79 Å². The molecule has 2 heterocycles. The fourth-order valence-corrected chi connectivity index (χ4v) is 3.32. The van der Waals surface area contributed by atoms with Gasteiger partial charge in [-0.1, -0.05) is 36.4 Å². The van der Waals surface area contributed by atoms with Gasteiger partial charge in [0.05, 0.1) is 18.3 Å². The van der Waals surface area contributed by atoms with Crippen molar-refractivity contribution in [3.8, 4) is 0 Å². The van der Waals surface area contributed by atoms with Crippen LogP contribution >= 0.6 is 0 Å². The quantitative estimate of drug-likeness (QED) is 0.849. The van der Waals surface area contributed by atoms with E-state index in [1.807, 2.05) is 30.0 Å². The number of aromatic nitrogens is 1. The Bertz CT molecular complexity index is 684. The van der Waals surface area contributed by atoms with Crippen molar-refractivity contribution < 1.29 is 4.79 Å². The largest absolute Gasteiger partial charge is 0.333 e. The fraction of sp³-hybridized carbons (Fsp3) is 0.400. The highest BCUT2D eigenvalue weighted by Gasteiger charge is 2.30. The van der Waals surface area contributed by atoms with Crippen LogP contribution in [-0.4, -0.2) is 47.9 Å². The van der Waals surface area contributed by atoms with E-state index in [2.05, 4.69) is 42.5 Å². The lowest BCUT2D eigenvalue weighted by Gasteiger charge is -2.26. The van der Waals surface area contributed by atoms with E-state index < -0.39 is 0 Å². The number of nitrogens with zero attached hydrogens (tertiary/aromatic N) is 3. The molecular weight excluding hydrogens is 298 g/mol. The molecule has 126 valence electrons. The van der Waals surface area contributed by atoms with Crippen LogP contribution in [0.5, 0.6) is 0 Å². The smallest absolute Gasteiger partial charge is 0.237 e. The monoisotopic (exact) mass is 323 g/mol. The molecule has 0 bridgehead atoms. The van der Waals surface area contributed by atoms with Gasteiger partial charge in [0, 0.05) is 18.7 Å². The van der Waals surface area contributed by atoms with Gasteiger partial charge in [-0.3, -0.25) is 9.78 Å². The number of pyridine rings is 1. The molecule has 1 aliphatic heterocycles. The molecule has 1 saturated heterocycles. The van der Waals surface area contributed by atoms with Crippen LogP contribution in [-0.2, 0) is 11.2 Å². The molecule has 0 spiro atoms. The van der Waals surface area contributed by atoms with Crippen LogP contribution < -0.4 is 0 Å². The zero-order chi connectivity index (χ0) is 16.9. The molecular formula is C20H25N3O. The molecule has 0 unspecified atom stereocenters. The number of hydrogen-bond acceptors (Lipinski definition) is 3. The van der Waals surface area contributed by atoms with E-state index in [1.54, 1.807) is 0 Å². The minimum atomic E-state index is 0.119. The van der Waals surface area contributed by atoms with Crippen molar-refractivity contribution in [1.82, 2.24) is 14.8 Å². The molecule has 0 radical (unpaired) electrons. The number of likely N-dealkylation sites (N-methyl/N-ethyl adjacent to an activating group) is 1. The Morgan fingerprint density at radius 2 is 1.96 bits per heavy atom. The molecule has 4 nitrogen and oxygen atoms in total. The van der Waals surface area contributed by atoms with Crippen LogP contribution in [0, 0.1) is 0 Å². The maximum absolute atomic E-state index is 12.5. The van der Waals surface area contributed by atoms with Crippen molar-refractivity contribution in [2.24, 2.45) is 0 Å². The third kappa shape index (κ3) is 4.01. The van der Waals surface area contributed by atoms with Crippen molar-refractivity contribution in [3.05, 3.63) is 65.5 Å². The number of carbonyl (C=O) groups excluding carboxylic acids is 1. The molecule has 1 atom stereocenters. The Morgan fingerprint density at radius 3 is 2.71 bits per heavy atom. The summed E-state index contributed by atoms with van der Waals surface area (Å²) in [5, 5.41) is 0. The van der Waals surface area contributed by atoms with Crippen LogP contribution in [0.15, 0.2) is 48.5 Å². The first-order valence-corrected chi connectivity index (χ1v) is 8.57. The highest BCUT2D eigenvalue weighted by Crippen LogP contribution is 2.31. The number of rotatable bonds is 5. The molecule has 1 fully saturated rings. The normalized spacial score (nSPS) is 17.5. The van der Waals surface area contributed by atoms with Crippen LogP contribution in [0.25, 0.3) is 0 Å². The van der Waals surface area contributed by atoms with Crippen molar-refractivity contribution in [2.75, 3.05) is 27.2 Å². The van der Waals surface area contributed by atoms with E-state index >= 15 is 0 Å². The number of carbonyl (C=O) groups is 1. The Balaban J connectivity index is 1.76. The molecule has 0 N–H and O–H groups in total. The summed E-state index contributed by atoms with van der Waals surface area (Å²) < 4.78 is 0. The van der Waals surface area contributed by atoms with Gasteiger partial charge in [0.25, 0.3) is 0 Å². The minimum Gasteiger partial charge on any atom is -0.333 e. The molecule has 4 heteroatoms. The molecule has 1 aromatic carbocycles. The summed E-state index contributed by atoms with van der Waals surface area (Å²) in [6.07, 6.45) is 2.88. The maximum atomic E-state index is 12.5. The van der Waals surface area contributed by atoms with Crippen LogP contribution in [0.2, 0.25) is 0 Å². The van der Waals surface area contributed by atoms with Crippen molar-refractivity contribution in [2.45, 2.75) is 25.3 Å². The maximum Gasteiger partial charge on any atom is 0.237 e. The van der Waals surface area contributed by atoms with Gasteiger partial charge in [0.15, 0.2) is 0 Å². The van der Waals surface area contributed by atoms with Gasteiger partial charge in [-0.2, -0.15) is 0 Å². The van der Waals surface area contributed by atoms with Gasteiger partial charge in [0.1, 0.15) is 0 Å². The van der Waals surface area contributed by atoms with Gasteiger partial charge in [-0.25, -0.2) is 0 Å². The summed E-state index contributed by atoms with van der Waals surface area (Å²) in [5.74, 6) is 0.192. The summed E-state index contributed by atoms with van der Waals surface area (Å²) >= 11 is 0. The Hall–Kier alpha value is -2.20. The van der Waals surface area contributed by atoms with Crippen molar-refractivity contribution >= 4 is 5.91 Å². The summed E-state index contributed by atoms with van der Waals surface area (Å²) in [4.78, 5) is 21.2. The van der Waals surface area contributed by atoms with E-state index in [1.165, 1.54) is 5.56 Å². The van der Waals surface area contributed by atoms with E-state index in [-0.39, 0.29) is 11.9 Å². The lowest BCUT2D eigenvalue weighted by Crippen LogP contribution is -2.37. The highest BCUT2D eigenvalue weighted by atomic mass is 16.2. The molecule has 0 aliphatic carbocycles. The summed E-state index contributed by atoms with van der Waals surface area (Å²) in [6, 6.07) is 16.7. The van der Waals surface area contributed by atoms with Crippen molar-refractivity contribution in [3.63, 3.8) is 0 Å². The third-order valence-corrected chi connectivity index (χ3v) is 4.42. The van der Waals surface area contributed by atoms with E-state index in [4.69, 9.17) is 4.98 Å². The third-order valence-electron chi connectivity index (χ3n) is 4.42. The molecule has 0 saturated carbocycles. The Labute approximate surface area is 144 Å². The first-order valence-electron chi connectivity index (χ1n) is 8.57. The highest BCUT2D eigenvalue weighted by molar-refractivity contribution is 5.79. The second-order valence-electron chi connectivity index (χ2n) is 6.70. The number of amides is 1. The summed E-state index contributed by atoms with van der Waals surface area (Å²) in [7, 11) is 3.86. The van der Waals surface area contributed by atoms with Crippen molar-refractivity contribution in [1.29, 1.82) is 0 Å². The molecule has 1 aliphatic rings. The van der Waals surface area contributed by atoms with E-state index in [0.29, 0.717) is 6.54 Å². The first kappa shape index (κ1) is 16.7. The zero-order valence-corrected chi connectivity index (χ0v) is 14.5. The standard InChI is InChI=1S/C20H25N3O/c1-22(2)15-20(24)23-13-7-12-19(23)18-11-6-10-17(21-18)14-16-8-4-3-5-9-16/h3-6,8-11,19H,7,12-15H2,1-2H3/t19-/m1/s1. The second-order valence-corrected chi connectivity index (χ2v) is 6.70. The van der Waals surface area contributed by atoms with Gasteiger partial charge in [-0.15, -0.1) is 0 Å². The van der Waals surface area contributed by atoms with Crippen LogP contribution in [0.4, 0.5) is 0 Å². The van der Waals surface area contributed by atoms with Gasteiger partial charge < -0.3 is 9.80 Å². The molecule has 3 rings (SSSR count). The van der Waals surface area contributed by atoms with Gasteiger partial charge in [-0.05, 0) is 44.6 Å².